The highest BCUT2D eigenvalue weighted by Gasteiger charge is 2.06. The van der Waals surface area contributed by atoms with Gasteiger partial charge in [0.1, 0.15) is 6.33 Å². The first-order chi connectivity index (χ1) is 9.33. The zero-order valence-corrected chi connectivity index (χ0v) is 11.0. The number of rotatable bonds is 7. The summed E-state index contributed by atoms with van der Waals surface area (Å²) in [5.41, 5.74) is 0. The topological polar surface area (TPSA) is 89.8 Å². The smallest absolute Gasteiger partial charge is 0.241 e. The van der Waals surface area contributed by atoms with Crippen molar-refractivity contribution >= 4 is 11.9 Å². The van der Waals surface area contributed by atoms with Crippen molar-refractivity contribution in [3.8, 4) is 5.95 Å². The summed E-state index contributed by atoms with van der Waals surface area (Å²) in [5.74, 6) is 1.55. The number of aromatic nitrogens is 5. The van der Waals surface area contributed by atoms with Gasteiger partial charge in [0.25, 0.3) is 0 Å². The van der Waals surface area contributed by atoms with Gasteiger partial charge in [0.05, 0.1) is 0 Å². The van der Waals surface area contributed by atoms with Crippen LogP contribution in [-0.2, 0) is 4.74 Å². The van der Waals surface area contributed by atoms with E-state index in [0.717, 1.165) is 13.0 Å². The number of ether oxygens (including phenoxy) is 1. The second kappa shape index (κ2) is 6.64. The average molecular weight is 263 g/mol. The lowest BCUT2D eigenvalue weighted by molar-refractivity contribution is 0.197. The molecule has 0 radical (unpaired) electrons. The first-order valence-corrected chi connectivity index (χ1v) is 5.98. The quantitative estimate of drug-likeness (QED) is 0.705. The molecule has 0 saturated carbocycles. The van der Waals surface area contributed by atoms with Crippen LogP contribution in [0.25, 0.3) is 5.95 Å². The van der Waals surface area contributed by atoms with Gasteiger partial charge < -0.3 is 15.4 Å². The van der Waals surface area contributed by atoms with E-state index in [4.69, 9.17) is 4.74 Å². The Morgan fingerprint density at radius 1 is 1.26 bits per heavy atom. The van der Waals surface area contributed by atoms with E-state index in [0.29, 0.717) is 24.5 Å². The van der Waals surface area contributed by atoms with Crippen molar-refractivity contribution in [1.82, 2.24) is 24.5 Å². The summed E-state index contributed by atoms with van der Waals surface area (Å²) in [5, 5.41) is 6.05. The first-order valence-electron chi connectivity index (χ1n) is 5.98. The number of anilines is 2. The Labute approximate surface area is 111 Å². The summed E-state index contributed by atoms with van der Waals surface area (Å²) in [6.07, 6.45) is 5.99. The molecule has 102 valence electrons. The Morgan fingerprint density at radius 3 is 2.79 bits per heavy atom. The molecular weight excluding hydrogens is 246 g/mol. The van der Waals surface area contributed by atoms with E-state index >= 15 is 0 Å². The van der Waals surface area contributed by atoms with Gasteiger partial charge in [-0.1, -0.05) is 0 Å². The van der Waals surface area contributed by atoms with E-state index in [1.54, 1.807) is 37.4 Å². The highest BCUT2D eigenvalue weighted by molar-refractivity contribution is 5.37. The Morgan fingerprint density at radius 2 is 2.11 bits per heavy atom. The van der Waals surface area contributed by atoms with Crippen molar-refractivity contribution in [3.05, 3.63) is 18.7 Å². The van der Waals surface area contributed by atoms with E-state index in [-0.39, 0.29) is 0 Å². The molecule has 0 aliphatic heterocycles. The van der Waals surface area contributed by atoms with E-state index in [9.17, 15) is 0 Å². The molecule has 0 spiro atoms. The van der Waals surface area contributed by atoms with E-state index in [2.05, 4.69) is 30.6 Å². The second-order valence-electron chi connectivity index (χ2n) is 3.78. The lowest BCUT2D eigenvalue weighted by Crippen LogP contribution is -2.12. The summed E-state index contributed by atoms with van der Waals surface area (Å²) in [6, 6.07) is 0. The monoisotopic (exact) mass is 263 g/mol. The molecule has 2 heterocycles. The summed E-state index contributed by atoms with van der Waals surface area (Å²) in [4.78, 5) is 16.8. The Hall–Kier alpha value is -2.22. The number of imidazole rings is 1. The number of methoxy groups -OCH3 is 1. The van der Waals surface area contributed by atoms with Crippen molar-refractivity contribution < 1.29 is 4.74 Å². The normalized spacial score (nSPS) is 10.4. The molecule has 0 aliphatic rings. The minimum atomic E-state index is 0.507. The van der Waals surface area contributed by atoms with E-state index in [1.807, 2.05) is 0 Å². The van der Waals surface area contributed by atoms with E-state index in [1.165, 1.54) is 0 Å². The lowest BCUT2D eigenvalue weighted by atomic mass is 10.4. The van der Waals surface area contributed by atoms with Crippen molar-refractivity contribution in [2.45, 2.75) is 6.42 Å². The molecule has 0 atom stereocenters. The van der Waals surface area contributed by atoms with Crippen molar-refractivity contribution in [2.24, 2.45) is 0 Å². The molecule has 8 nitrogen and oxygen atoms in total. The summed E-state index contributed by atoms with van der Waals surface area (Å²) < 4.78 is 6.71. The van der Waals surface area contributed by atoms with Gasteiger partial charge in [0.2, 0.25) is 17.8 Å². The third-order valence-corrected chi connectivity index (χ3v) is 2.39. The van der Waals surface area contributed by atoms with Crippen LogP contribution in [0.15, 0.2) is 18.7 Å². The van der Waals surface area contributed by atoms with Gasteiger partial charge in [-0.05, 0) is 6.42 Å². The van der Waals surface area contributed by atoms with Crippen molar-refractivity contribution in [1.29, 1.82) is 0 Å². The van der Waals surface area contributed by atoms with E-state index < -0.39 is 0 Å². The Kier molecular flexibility index (Phi) is 4.62. The largest absolute Gasteiger partial charge is 0.385 e. The van der Waals surface area contributed by atoms with Gasteiger partial charge in [0, 0.05) is 39.7 Å². The maximum absolute atomic E-state index is 4.99. The molecule has 2 aromatic rings. The van der Waals surface area contributed by atoms with Crippen molar-refractivity contribution in [2.75, 3.05) is 37.9 Å². The van der Waals surface area contributed by atoms with Crippen LogP contribution in [0.1, 0.15) is 6.42 Å². The molecule has 0 saturated heterocycles. The summed E-state index contributed by atoms with van der Waals surface area (Å²) in [6.45, 7) is 1.44. The fourth-order valence-corrected chi connectivity index (χ4v) is 1.47. The predicted molar refractivity (Wildman–Crippen MR) is 71.5 cm³/mol. The fraction of sp³-hybridized carbons (Fsp3) is 0.455. The first kappa shape index (κ1) is 13.2. The lowest BCUT2D eigenvalue weighted by Gasteiger charge is -2.08. The molecule has 0 amide bonds. The Bertz CT molecular complexity index is 500. The highest BCUT2D eigenvalue weighted by atomic mass is 16.5. The standard InChI is InChI=1S/C11H17N7O/c1-12-9-15-10(14-4-3-7-19-2)17-11(16-9)18-6-5-13-8-18/h5-6,8H,3-4,7H2,1-2H3,(H2,12,14,15,16,17). The van der Waals surface area contributed by atoms with Crippen LogP contribution >= 0.6 is 0 Å². The average Bonchev–Trinajstić information content (AvgIpc) is 2.97. The minimum absolute atomic E-state index is 0.507. The molecule has 2 rings (SSSR count). The minimum Gasteiger partial charge on any atom is -0.385 e. The third kappa shape index (κ3) is 3.62. The number of nitrogens with one attached hydrogen (secondary N) is 2. The molecular formula is C11H17N7O. The molecule has 8 heteroatoms. The summed E-state index contributed by atoms with van der Waals surface area (Å²) >= 11 is 0. The number of hydrogen-bond donors (Lipinski definition) is 2. The predicted octanol–water partition coefficient (Wildman–Crippen LogP) is 0.547. The highest BCUT2D eigenvalue weighted by Crippen LogP contribution is 2.08. The zero-order valence-electron chi connectivity index (χ0n) is 11.0. The molecule has 0 aromatic carbocycles. The molecule has 0 aliphatic carbocycles. The van der Waals surface area contributed by atoms with Gasteiger partial charge in [0.15, 0.2) is 0 Å². The third-order valence-electron chi connectivity index (χ3n) is 2.39. The van der Waals surface area contributed by atoms with Gasteiger partial charge in [-0.25, -0.2) is 4.98 Å². The molecule has 2 N–H and O–H groups in total. The molecule has 0 fully saturated rings. The maximum atomic E-state index is 4.99. The second-order valence-corrected chi connectivity index (χ2v) is 3.78. The van der Waals surface area contributed by atoms with Crippen LogP contribution in [0, 0.1) is 0 Å². The van der Waals surface area contributed by atoms with Gasteiger partial charge in [-0.3, -0.25) is 4.57 Å². The van der Waals surface area contributed by atoms with Crippen LogP contribution in [0.3, 0.4) is 0 Å². The zero-order chi connectivity index (χ0) is 13.5. The number of hydrogen-bond acceptors (Lipinski definition) is 7. The molecule has 0 unspecified atom stereocenters. The fourth-order valence-electron chi connectivity index (χ4n) is 1.47. The van der Waals surface area contributed by atoms with Crippen LogP contribution in [0.5, 0.6) is 0 Å². The van der Waals surface area contributed by atoms with Gasteiger partial charge in [-0.15, -0.1) is 0 Å². The molecule has 2 aromatic heterocycles. The van der Waals surface area contributed by atoms with Gasteiger partial charge in [-0.2, -0.15) is 15.0 Å². The van der Waals surface area contributed by atoms with Crippen LogP contribution in [0.2, 0.25) is 0 Å². The Balaban J connectivity index is 2.12. The molecule has 19 heavy (non-hydrogen) atoms. The van der Waals surface area contributed by atoms with Crippen LogP contribution in [-0.4, -0.2) is 51.8 Å². The number of nitrogens with zero attached hydrogens (tertiary/aromatic N) is 5. The SMILES string of the molecule is CNc1nc(NCCCOC)nc(-n2ccnc2)n1. The summed E-state index contributed by atoms with van der Waals surface area (Å²) in [7, 11) is 3.45. The van der Waals surface area contributed by atoms with Gasteiger partial charge >= 0.3 is 0 Å². The maximum Gasteiger partial charge on any atom is 0.241 e. The van der Waals surface area contributed by atoms with Crippen LogP contribution in [0.4, 0.5) is 11.9 Å². The van der Waals surface area contributed by atoms with Crippen molar-refractivity contribution in [3.63, 3.8) is 0 Å². The molecule has 0 bridgehead atoms. The van der Waals surface area contributed by atoms with Crippen LogP contribution < -0.4 is 10.6 Å².